The molecule has 0 saturated carbocycles. The molecule has 1 aliphatic heterocycles. The zero-order chi connectivity index (χ0) is 31.3. The van der Waals surface area contributed by atoms with Crippen LogP contribution in [0.2, 0.25) is 0 Å². The van der Waals surface area contributed by atoms with E-state index in [0.29, 0.717) is 16.7 Å². The van der Waals surface area contributed by atoms with E-state index in [9.17, 15) is 22.8 Å². The predicted molar refractivity (Wildman–Crippen MR) is 159 cm³/mol. The molecule has 8 nitrogen and oxygen atoms in total. The van der Waals surface area contributed by atoms with Crippen molar-refractivity contribution in [2.45, 2.75) is 25.4 Å². The molecule has 0 bridgehead atoms. The van der Waals surface area contributed by atoms with Crippen molar-refractivity contribution < 1.29 is 41.4 Å². The van der Waals surface area contributed by atoms with E-state index in [-0.39, 0.29) is 41.8 Å². The highest BCUT2D eigenvalue weighted by atomic mass is 31.2. The molecule has 5 rings (SSSR count). The van der Waals surface area contributed by atoms with Gasteiger partial charge in [-0.2, -0.15) is 0 Å². The Hall–Kier alpha value is -4.89. The second-order valence-electron chi connectivity index (χ2n) is 9.70. The van der Waals surface area contributed by atoms with Gasteiger partial charge in [0.1, 0.15) is 23.1 Å². The molecule has 1 N–H and O–H groups in total. The molecule has 12 heteroatoms. The summed E-state index contributed by atoms with van der Waals surface area (Å²) >= 11 is 0. The summed E-state index contributed by atoms with van der Waals surface area (Å²) in [6, 6.07) is 24.9. The molecule has 1 heterocycles. The Morgan fingerprint density at radius 1 is 0.955 bits per heavy atom. The van der Waals surface area contributed by atoms with Gasteiger partial charge in [-0.15, -0.1) is 24.5 Å². The van der Waals surface area contributed by atoms with Crippen LogP contribution in [0, 0.1) is 0 Å². The summed E-state index contributed by atoms with van der Waals surface area (Å²) < 4.78 is 79.1. The largest absolute Gasteiger partial charge is 0.573 e. The Balaban J connectivity index is 1.63. The van der Waals surface area contributed by atoms with Gasteiger partial charge in [-0.25, -0.2) is 4.57 Å². The first-order valence-electron chi connectivity index (χ1n) is 13.4. The minimum Gasteiger partial charge on any atom is -0.504 e. The minimum atomic E-state index is -4.87. The number of methoxy groups -OCH3 is 1. The number of phenolic OH excluding ortho intramolecular Hbond substituents is 1. The summed E-state index contributed by atoms with van der Waals surface area (Å²) in [5, 5.41) is 10.5. The number of fused-ring (bicyclic) bond motifs is 1. The molecule has 0 amide bonds. The molecule has 1 aliphatic rings. The quantitative estimate of drug-likeness (QED) is 0.140. The summed E-state index contributed by atoms with van der Waals surface area (Å²) in [5.41, 5.74) is 1.80. The highest BCUT2D eigenvalue weighted by molar-refractivity contribution is 7.53. The Kier molecular flexibility index (Phi) is 8.87. The number of amidine groups is 1. The predicted octanol–water partition coefficient (Wildman–Crippen LogP) is 8.25. The van der Waals surface area contributed by atoms with Crippen molar-refractivity contribution >= 4 is 13.6 Å². The third-order valence-electron chi connectivity index (χ3n) is 6.65. The van der Waals surface area contributed by atoms with Gasteiger partial charge < -0.3 is 28.5 Å². The van der Waals surface area contributed by atoms with Crippen LogP contribution in [-0.4, -0.2) is 29.3 Å². The van der Waals surface area contributed by atoms with Gasteiger partial charge >= 0.3 is 14.1 Å². The van der Waals surface area contributed by atoms with Crippen molar-refractivity contribution in [1.29, 1.82) is 0 Å². The summed E-state index contributed by atoms with van der Waals surface area (Å²) in [4.78, 5) is 1.73. The fraction of sp³-hybridized carbons (Fsp3) is 0.156. The number of para-hydroxylation sites is 2. The van der Waals surface area contributed by atoms with Crippen LogP contribution < -0.4 is 18.5 Å². The van der Waals surface area contributed by atoms with Crippen LogP contribution in [0.5, 0.6) is 28.7 Å². The molecule has 0 radical (unpaired) electrons. The number of benzene rings is 4. The van der Waals surface area contributed by atoms with Crippen LogP contribution in [0.25, 0.3) is 0 Å². The average molecular weight is 625 g/mol. The zero-order valence-corrected chi connectivity index (χ0v) is 24.4. The van der Waals surface area contributed by atoms with Gasteiger partial charge in [-0.3, -0.25) is 0 Å². The number of rotatable bonds is 10. The Morgan fingerprint density at radius 3 is 2.14 bits per heavy atom. The maximum atomic E-state index is 14.4. The van der Waals surface area contributed by atoms with Gasteiger partial charge in [0.2, 0.25) is 0 Å². The van der Waals surface area contributed by atoms with Gasteiger partial charge in [0.25, 0.3) is 0 Å². The van der Waals surface area contributed by atoms with Gasteiger partial charge in [0.15, 0.2) is 11.5 Å². The van der Waals surface area contributed by atoms with Crippen molar-refractivity contribution in [3.63, 3.8) is 0 Å². The molecule has 1 atom stereocenters. The van der Waals surface area contributed by atoms with Crippen LogP contribution in [0.3, 0.4) is 0 Å². The smallest absolute Gasteiger partial charge is 0.504 e. The lowest BCUT2D eigenvalue weighted by atomic mass is 9.90. The summed E-state index contributed by atoms with van der Waals surface area (Å²) in [7, 11) is -2.92. The minimum absolute atomic E-state index is 0.0177. The highest BCUT2D eigenvalue weighted by Crippen LogP contribution is 2.51. The molecule has 1 unspecified atom stereocenters. The zero-order valence-electron chi connectivity index (χ0n) is 23.5. The van der Waals surface area contributed by atoms with E-state index >= 15 is 0 Å². The lowest BCUT2D eigenvalue weighted by Gasteiger charge is -2.39. The molecular weight excluding hydrogens is 596 g/mol. The number of hydrogen-bond acceptors (Lipinski definition) is 6. The Morgan fingerprint density at radius 2 is 1.57 bits per heavy atom. The van der Waals surface area contributed by atoms with Crippen LogP contribution in [0.15, 0.2) is 114 Å². The molecule has 0 aliphatic carbocycles. The van der Waals surface area contributed by atoms with Crippen molar-refractivity contribution in [1.82, 2.24) is 4.90 Å². The number of nitrogens with zero attached hydrogens (tertiary/aromatic N) is 2. The average Bonchev–Trinajstić information content (AvgIpc) is 2.97. The molecule has 0 saturated heterocycles. The Bertz CT molecular complexity index is 1650. The van der Waals surface area contributed by atoms with Crippen molar-refractivity contribution in [2.24, 2.45) is 4.76 Å². The second-order valence-corrected chi connectivity index (χ2v) is 11.2. The van der Waals surface area contributed by atoms with E-state index in [2.05, 4.69) is 16.1 Å². The third kappa shape index (κ3) is 7.36. The van der Waals surface area contributed by atoms with Crippen molar-refractivity contribution in [3.05, 3.63) is 126 Å². The first-order chi connectivity index (χ1) is 21.1. The third-order valence-corrected chi connectivity index (χ3v) is 8.01. The lowest BCUT2D eigenvalue weighted by Crippen LogP contribution is -2.39. The molecule has 0 fully saturated rings. The molecule has 4 aromatic carbocycles. The standard InChI is InChI=1S/C32H28F3N2O6P/c1-3-28-27-20-30(40-2)29(38)18-23(27)19-31(37(28)21-22-11-10-16-26(17-22)41-32(33,34)35)36-44(39,42-24-12-6-4-7-13-24)43-25-14-8-5-9-15-25/h3-18,20,28,38H,1,19,21H2,2H3/b36-31-. The maximum absolute atomic E-state index is 14.4. The molecule has 44 heavy (non-hydrogen) atoms. The Labute approximate surface area is 252 Å². The SMILES string of the molecule is C=CC1c2cc(OC)c(O)cc2C/C(=N/P(=O)(Oc2ccccc2)Oc2ccccc2)N1Cc1cccc(OC(F)(F)F)c1. The molecule has 228 valence electrons. The van der Waals surface area contributed by atoms with E-state index in [4.69, 9.17) is 13.8 Å². The second kappa shape index (κ2) is 12.8. The number of halogens is 3. The number of hydrogen-bond donors (Lipinski definition) is 1. The number of ether oxygens (including phenoxy) is 2. The fourth-order valence-electron chi connectivity index (χ4n) is 4.82. The van der Waals surface area contributed by atoms with Crippen molar-refractivity contribution in [3.8, 4) is 28.7 Å². The lowest BCUT2D eigenvalue weighted by molar-refractivity contribution is -0.274. The monoisotopic (exact) mass is 624 g/mol. The molecule has 4 aromatic rings. The normalized spacial score (nSPS) is 15.8. The number of aromatic hydroxyl groups is 1. The summed E-state index contributed by atoms with van der Waals surface area (Å²) in [6.45, 7) is 4.00. The van der Waals surface area contributed by atoms with E-state index in [1.54, 1.807) is 83.8 Å². The van der Waals surface area contributed by atoms with Gasteiger partial charge in [0, 0.05) is 13.0 Å². The molecule has 0 aromatic heterocycles. The van der Waals surface area contributed by atoms with E-state index in [1.807, 2.05) is 0 Å². The van der Waals surface area contributed by atoms with E-state index in [1.165, 1.54) is 31.4 Å². The van der Waals surface area contributed by atoms with E-state index < -0.39 is 25.9 Å². The highest BCUT2D eigenvalue weighted by Gasteiger charge is 2.36. The van der Waals surface area contributed by atoms with Gasteiger partial charge in [0.05, 0.1) is 13.2 Å². The summed E-state index contributed by atoms with van der Waals surface area (Å²) in [6.07, 6.45) is -3.19. The first kappa shape index (κ1) is 30.6. The van der Waals surface area contributed by atoms with Crippen LogP contribution >= 0.6 is 7.75 Å². The summed E-state index contributed by atoms with van der Waals surface area (Å²) in [5.74, 6) is 0.449. The maximum Gasteiger partial charge on any atom is 0.573 e. The van der Waals surface area contributed by atoms with Crippen LogP contribution in [-0.2, 0) is 17.5 Å². The topological polar surface area (TPSA) is 89.8 Å². The molecule has 0 spiro atoms. The first-order valence-corrected chi connectivity index (χ1v) is 14.9. The van der Waals surface area contributed by atoms with Crippen LogP contribution in [0.1, 0.15) is 22.7 Å². The molecular formula is C32H28F3N2O6P. The van der Waals surface area contributed by atoms with Gasteiger partial charge in [-0.05, 0) is 65.2 Å². The van der Waals surface area contributed by atoms with E-state index in [0.717, 1.165) is 0 Å². The van der Waals surface area contributed by atoms with Gasteiger partial charge in [-0.1, -0.05) is 54.6 Å². The van der Waals surface area contributed by atoms with Crippen LogP contribution in [0.4, 0.5) is 13.2 Å². The van der Waals surface area contributed by atoms with Crippen molar-refractivity contribution in [2.75, 3.05) is 7.11 Å². The number of phenols is 1. The fourth-order valence-corrected chi connectivity index (χ4v) is 6.19. The number of alkyl halides is 3.